The number of carbonyl (C=O) groups excluding carboxylic acids is 4. The number of ether oxygens (including phenoxy) is 5. The number of likely N-dealkylation sites (N-methyl/N-ethyl adjacent to an activating group) is 1. The van der Waals surface area contributed by atoms with Gasteiger partial charge in [0, 0.05) is 51.1 Å². The number of anilines is 1. The summed E-state index contributed by atoms with van der Waals surface area (Å²) >= 11 is 6.78. The van der Waals surface area contributed by atoms with Crippen molar-refractivity contribution in [1.29, 1.82) is 0 Å². The Kier molecular flexibility index (Phi) is 17.7. The number of fused-ring (bicyclic) bond motifs is 4. The van der Waals surface area contributed by atoms with Crippen molar-refractivity contribution in [2.75, 3.05) is 45.5 Å². The maximum Gasteiger partial charge on any atom is 0.409 e. The van der Waals surface area contributed by atoms with E-state index in [9.17, 15) is 24.3 Å². The number of alkyl carbamates (subject to hydrolysis) is 1. The molecule has 2 aliphatic rings. The van der Waals surface area contributed by atoms with Gasteiger partial charge >= 0.3 is 12.1 Å². The first-order valence-corrected chi connectivity index (χ1v) is 21.6. The lowest BCUT2D eigenvalue weighted by Crippen LogP contribution is -2.64. The van der Waals surface area contributed by atoms with Crippen molar-refractivity contribution < 1.29 is 48.0 Å². The van der Waals surface area contributed by atoms with Crippen LogP contribution in [0.2, 0.25) is 5.02 Å². The van der Waals surface area contributed by atoms with Gasteiger partial charge in [0.1, 0.15) is 40.7 Å². The Labute approximate surface area is 350 Å². The minimum atomic E-state index is -1.87. The van der Waals surface area contributed by atoms with Gasteiger partial charge < -0.3 is 44.3 Å². The van der Waals surface area contributed by atoms with Crippen molar-refractivity contribution in [2.45, 2.75) is 127 Å². The zero-order valence-electron chi connectivity index (χ0n) is 35.0. The normalized spacial score (nSPS) is 26.6. The van der Waals surface area contributed by atoms with E-state index in [1.807, 2.05) is 13.0 Å². The molecule has 17 heteroatoms. The first-order chi connectivity index (χ1) is 26.6. The lowest BCUT2D eigenvalue weighted by atomic mass is 9.93. The second-order valence-corrected chi connectivity index (χ2v) is 19.2. The average molecular weight is 858 g/mol. The van der Waals surface area contributed by atoms with Crippen LogP contribution in [0.3, 0.4) is 0 Å². The topological polar surface area (TPSA) is 179 Å². The molecule has 57 heavy (non-hydrogen) atoms. The minimum absolute atomic E-state index is 0.122. The number of halogens is 1. The highest BCUT2D eigenvalue weighted by molar-refractivity contribution is 8.77. The number of hydrogen-bond acceptors (Lipinski definition) is 13. The van der Waals surface area contributed by atoms with E-state index in [2.05, 4.69) is 19.2 Å². The molecule has 1 saturated heterocycles. The lowest BCUT2D eigenvalue weighted by molar-refractivity contribution is -0.203. The van der Waals surface area contributed by atoms with E-state index in [1.54, 1.807) is 87.7 Å². The zero-order valence-corrected chi connectivity index (χ0v) is 37.4. The largest absolute Gasteiger partial charge is 0.495 e. The van der Waals surface area contributed by atoms with E-state index in [1.165, 1.54) is 24.0 Å². The monoisotopic (exact) mass is 856 g/mol. The van der Waals surface area contributed by atoms with Crippen LogP contribution in [0.1, 0.15) is 79.7 Å². The number of hydrogen-bond donors (Lipinski definition) is 3. The highest BCUT2D eigenvalue weighted by atomic mass is 35.5. The van der Waals surface area contributed by atoms with E-state index in [-0.39, 0.29) is 34.9 Å². The summed E-state index contributed by atoms with van der Waals surface area (Å²) in [4.78, 5) is 57.0. The van der Waals surface area contributed by atoms with Gasteiger partial charge in [-0.15, -0.1) is 0 Å². The summed E-state index contributed by atoms with van der Waals surface area (Å²) in [5.41, 5.74) is 4.46. The average Bonchev–Trinajstić information content (AvgIpc) is 3.13. The number of rotatable bonds is 12. The fourth-order valence-electron chi connectivity index (χ4n) is 6.44. The minimum Gasteiger partial charge on any atom is -0.495 e. The van der Waals surface area contributed by atoms with Crippen LogP contribution in [0.15, 0.2) is 35.9 Å². The van der Waals surface area contributed by atoms with E-state index < -0.39 is 59.8 Å². The lowest BCUT2D eigenvalue weighted by Gasteiger charge is -2.44. The molecule has 320 valence electrons. The first kappa shape index (κ1) is 48.4. The molecular formula is C40H61ClN4O10S2. The van der Waals surface area contributed by atoms with Gasteiger partial charge in [0.2, 0.25) is 11.8 Å². The quantitative estimate of drug-likeness (QED) is 0.131. The predicted octanol–water partition coefficient (Wildman–Crippen LogP) is 5.80. The van der Waals surface area contributed by atoms with Crippen LogP contribution in [-0.2, 0) is 39.8 Å². The zero-order chi connectivity index (χ0) is 42.9. The molecule has 2 heterocycles. The Morgan fingerprint density at radius 2 is 1.93 bits per heavy atom. The standard InChI is InChI=1S/C40H61ClN4O10S2/c1-24-13-12-14-31(52-11)40(50)23-30(53-37(49)43-40)26(3)55-39(6,7)32(22-34(47)45(9)28-20-27(19-24)21-29(51-10)35(28)41)54-36(48)25(2)44(8)33(46)15-16-38(4,5)57-56-18-17-42/h12-14,20-21,25-26,30-32,50H,15-19,22-23,42H2,1-11H3,(H,43,49)/b14-12+,24-13+/t25-,26+,30-,31+,32-,40-/m0/s1. The number of nitrogens with two attached hydrogens (primary N) is 1. The van der Waals surface area contributed by atoms with Crippen LogP contribution < -0.4 is 20.7 Å². The molecule has 1 fully saturated rings. The SMILES string of the molecule is COc1cc2cc(c1Cl)N(C)C(=O)C[C@H](OC(=O)[C@H](C)N(C)C(=O)CCC(C)(C)SSCCN)C(C)(C)O[C@H](C)[C@@H]1C[C@@](O)(NC(=O)O1)[C@H](OC)/C=C/C=C(\C)C2. The van der Waals surface area contributed by atoms with Gasteiger partial charge in [-0.25, -0.2) is 9.59 Å². The smallest absolute Gasteiger partial charge is 0.409 e. The molecule has 0 spiro atoms. The van der Waals surface area contributed by atoms with E-state index in [0.717, 1.165) is 16.9 Å². The van der Waals surface area contributed by atoms with Gasteiger partial charge in [-0.3, -0.25) is 14.9 Å². The van der Waals surface area contributed by atoms with Crippen LogP contribution in [0, 0.1) is 0 Å². The second-order valence-electron chi connectivity index (χ2n) is 15.7. The van der Waals surface area contributed by atoms with E-state index in [4.69, 9.17) is 41.0 Å². The molecule has 3 rings (SSSR count). The third-order valence-electron chi connectivity index (χ3n) is 10.1. The fraction of sp³-hybridized carbons (Fsp3) is 0.650. The Balaban J connectivity index is 2.02. The Morgan fingerprint density at radius 3 is 2.56 bits per heavy atom. The molecule has 0 radical (unpaired) electrons. The van der Waals surface area contributed by atoms with Gasteiger partial charge in [-0.1, -0.05) is 57.0 Å². The molecule has 1 aromatic rings. The number of carbonyl (C=O) groups is 4. The summed E-state index contributed by atoms with van der Waals surface area (Å²) in [6.07, 6.45) is 1.05. The van der Waals surface area contributed by atoms with Gasteiger partial charge in [0.15, 0.2) is 5.72 Å². The number of benzene rings is 1. The summed E-state index contributed by atoms with van der Waals surface area (Å²) in [5.74, 6) is -0.286. The summed E-state index contributed by atoms with van der Waals surface area (Å²) in [5, 5.41) is 14.4. The summed E-state index contributed by atoms with van der Waals surface area (Å²) < 4.78 is 29.2. The van der Waals surface area contributed by atoms with Crippen molar-refractivity contribution in [3.8, 4) is 5.75 Å². The van der Waals surface area contributed by atoms with Crippen molar-refractivity contribution in [3.05, 3.63) is 46.5 Å². The molecule has 0 aromatic heterocycles. The number of aliphatic hydroxyl groups is 1. The van der Waals surface area contributed by atoms with Crippen LogP contribution in [-0.4, -0.2) is 121 Å². The molecule has 1 aromatic carbocycles. The van der Waals surface area contributed by atoms with Gasteiger partial charge in [0.05, 0.1) is 25.3 Å². The van der Waals surface area contributed by atoms with E-state index >= 15 is 0 Å². The van der Waals surface area contributed by atoms with Crippen molar-refractivity contribution in [3.63, 3.8) is 0 Å². The number of amides is 3. The molecule has 0 unspecified atom stereocenters. The first-order valence-electron chi connectivity index (χ1n) is 18.9. The van der Waals surface area contributed by atoms with Crippen molar-refractivity contribution >= 4 is 62.8 Å². The maximum atomic E-state index is 14.2. The van der Waals surface area contributed by atoms with Gasteiger partial charge in [-0.2, -0.15) is 0 Å². The number of methoxy groups -OCH3 is 2. The summed E-state index contributed by atoms with van der Waals surface area (Å²) in [6.45, 7) is 13.1. The maximum absolute atomic E-state index is 14.2. The highest BCUT2D eigenvalue weighted by Crippen LogP contribution is 2.39. The Bertz CT molecular complexity index is 1660. The van der Waals surface area contributed by atoms with E-state index in [0.29, 0.717) is 30.8 Å². The summed E-state index contributed by atoms with van der Waals surface area (Å²) in [6, 6.07) is 2.57. The number of nitrogens with zero attached hydrogens (tertiary/aromatic N) is 2. The molecule has 3 amide bonds. The second kappa shape index (κ2) is 20.8. The summed E-state index contributed by atoms with van der Waals surface area (Å²) in [7, 11) is 9.34. The number of esters is 1. The highest BCUT2D eigenvalue weighted by Gasteiger charge is 2.48. The molecule has 0 aliphatic carbocycles. The van der Waals surface area contributed by atoms with Gasteiger partial charge in [-0.05, 0) is 79.0 Å². The van der Waals surface area contributed by atoms with Crippen LogP contribution in [0.5, 0.6) is 5.75 Å². The fourth-order valence-corrected chi connectivity index (χ4v) is 9.18. The number of allylic oxidation sites excluding steroid dienone is 3. The Hall–Kier alpha value is -2.99. The molecule has 4 N–H and O–H groups in total. The Morgan fingerprint density at radius 1 is 1.25 bits per heavy atom. The van der Waals surface area contributed by atoms with Crippen LogP contribution in [0.4, 0.5) is 10.5 Å². The molecule has 2 aliphatic heterocycles. The third kappa shape index (κ3) is 13.3. The molecule has 0 saturated carbocycles. The van der Waals surface area contributed by atoms with Crippen LogP contribution >= 0.6 is 33.2 Å². The van der Waals surface area contributed by atoms with Gasteiger partial charge in [0.25, 0.3) is 0 Å². The van der Waals surface area contributed by atoms with Crippen molar-refractivity contribution in [2.24, 2.45) is 5.73 Å². The molecule has 4 bridgehead atoms. The molecule has 14 nitrogen and oxygen atoms in total. The third-order valence-corrected chi connectivity index (χ3v) is 13.9. The molecular weight excluding hydrogens is 796 g/mol. The number of nitrogens with one attached hydrogen (secondary N) is 1. The molecule has 6 atom stereocenters. The van der Waals surface area contributed by atoms with Crippen molar-refractivity contribution in [1.82, 2.24) is 10.2 Å². The predicted molar refractivity (Wildman–Crippen MR) is 226 cm³/mol. The van der Waals surface area contributed by atoms with Crippen LogP contribution in [0.25, 0.3) is 0 Å².